The third kappa shape index (κ3) is 10.2. The molecule has 0 radical (unpaired) electrons. The summed E-state index contributed by atoms with van der Waals surface area (Å²) in [5, 5.41) is 1.31. The Bertz CT molecular complexity index is 1380. The highest BCUT2D eigenvalue weighted by atomic mass is 79.9. The average Bonchev–Trinajstić information content (AvgIpc) is 2.81. The van der Waals surface area contributed by atoms with Crippen molar-refractivity contribution in [1.29, 1.82) is 0 Å². The van der Waals surface area contributed by atoms with E-state index in [0.29, 0.717) is 5.02 Å². The van der Waals surface area contributed by atoms with Crippen molar-refractivity contribution in [3.8, 4) is 0 Å². The van der Waals surface area contributed by atoms with Gasteiger partial charge in [0.2, 0.25) is 9.84 Å². The maximum absolute atomic E-state index is 12.2. The third-order valence-corrected chi connectivity index (χ3v) is 8.79. The van der Waals surface area contributed by atoms with Gasteiger partial charge in [-0.25, -0.2) is 16.8 Å². The van der Waals surface area contributed by atoms with Crippen LogP contribution >= 0.6 is 65.7 Å². The molecule has 0 bridgehead atoms. The number of benzene rings is 4. The Kier molecular flexibility index (Phi) is 11.8. The first-order chi connectivity index (χ1) is 16.4. The lowest BCUT2D eigenvalue weighted by atomic mass is 10.4. The largest absolute Gasteiger partial charge is 0.261 e. The molecule has 0 aromatic heterocycles. The molecule has 35 heavy (non-hydrogen) atoms. The van der Waals surface area contributed by atoms with Crippen LogP contribution in [0, 0.1) is 0 Å². The number of rotatable bonds is 3. The van der Waals surface area contributed by atoms with Gasteiger partial charge in [0.1, 0.15) is 0 Å². The van der Waals surface area contributed by atoms with Crippen LogP contribution in [0.5, 0.6) is 0 Å². The highest BCUT2D eigenvalue weighted by Gasteiger charge is 2.16. The lowest BCUT2D eigenvalue weighted by Gasteiger charge is -2.04. The second kappa shape index (κ2) is 13.8. The molecule has 4 aromatic rings. The van der Waals surface area contributed by atoms with Crippen LogP contribution in [0.2, 0.25) is 10.0 Å². The Hall–Kier alpha value is -1.39. The maximum atomic E-state index is 12.2. The predicted octanol–water partition coefficient (Wildman–Crippen LogP) is 8.65. The fourth-order valence-corrected chi connectivity index (χ4v) is 5.21. The minimum atomic E-state index is -3.57. The standard InChI is InChI=1S/C12H8BrClO2S.C6H4BrClO2S.C6H5Cl/c13-9-1-5-11(6-2-9)17(15,16)12-7-3-10(14)4-8-12;7-5-1-3-6(4-2-5)11(8,9)10;7-6-4-2-1-3-5-6/h1-8H;1-4H;1-5H. The SMILES string of the molecule is Clc1ccccc1.O=S(=O)(Cl)c1ccc(Br)cc1.O=S(=O)(c1ccc(Cl)cc1)c1ccc(Br)cc1. The second-order valence-electron chi connectivity index (χ2n) is 6.60. The van der Waals surface area contributed by atoms with Crippen molar-refractivity contribution in [1.82, 2.24) is 0 Å². The van der Waals surface area contributed by atoms with Gasteiger partial charge in [-0.1, -0.05) is 73.3 Å². The van der Waals surface area contributed by atoms with Gasteiger partial charge in [0.15, 0.2) is 0 Å². The molecule has 0 fully saturated rings. The van der Waals surface area contributed by atoms with Crippen LogP contribution in [0.15, 0.2) is 127 Å². The average molecular weight is 700 g/mol. The van der Waals surface area contributed by atoms with E-state index in [1.54, 1.807) is 48.5 Å². The predicted molar refractivity (Wildman–Crippen MR) is 150 cm³/mol. The summed E-state index contributed by atoms with van der Waals surface area (Å²) < 4.78 is 47.4. The van der Waals surface area contributed by atoms with Gasteiger partial charge in [0, 0.05) is 29.7 Å². The summed E-state index contributed by atoms with van der Waals surface area (Å²) in [6.07, 6.45) is 0. The third-order valence-electron chi connectivity index (χ3n) is 4.08. The molecule has 0 spiro atoms. The zero-order chi connectivity index (χ0) is 26.1. The van der Waals surface area contributed by atoms with Crippen LogP contribution in [0.4, 0.5) is 0 Å². The van der Waals surface area contributed by atoms with E-state index in [-0.39, 0.29) is 14.7 Å². The quantitative estimate of drug-likeness (QED) is 0.201. The summed E-state index contributed by atoms with van der Waals surface area (Å²) in [5.41, 5.74) is 0. The van der Waals surface area contributed by atoms with Crippen LogP contribution in [0.1, 0.15) is 0 Å². The van der Waals surface area contributed by atoms with E-state index < -0.39 is 18.9 Å². The summed E-state index contributed by atoms with van der Waals surface area (Å²) in [7, 11) is -1.95. The maximum Gasteiger partial charge on any atom is 0.261 e. The van der Waals surface area contributed by atoms with Gasteiger partial charge in [-0.3, -0.25) is 0 Å². The molecule has 0 N–H and O–H groups in total. The van der Waals surface area contributed by atoms with Crippen LogP contribution in [0.3, 0.4) is 0 Å². The minimum absolute atomic E-state index is 0.113. The monoisotopic (exact) mass is 696 g/mol. The molecule has 4 nitrogen and oxygen atoms in total. The highest BCUT2D eigenvalue weighted by molar-refractivity contribution is 9.10. The van der Waals surface area contributed by atoms with Crippen molar-refractivity contribution in [2.45, 2.75) is 14.7 Å². The van der Waals surface area contributed by atoms with Crippen LogP contribution in [0.25, 0.3) is 0 Å². The molecule has 0 unspecified atom stereocenters. The summed E-state index contributed by atoms with van der Waals surface area (Å²) in [5.74, 6) is 0. The number of hydrogen-bond donors (Lipinski definition) is 0. The molecule has 4 aromatic carbocycles. The van der Waals surface area contributed by atoms with Gasteiger partial charge in [-0.2, -0.15) is 0 Å². The van der Waals surface area contributed by atoms with Gasteiger partial charge in [-0.05, 0) is 84.9 Å². The van der Waals surface area contributed by atoms with Crippen molar-refractivity contribution in [2.75, 3.05) is 0 Å². The van der Waals surface area contributed by atoms with Crippen molar-refractivity contribution >= 4 is 84.6 Å². The molecule has 0 amide bonds. The summed E-state index contributed by atoms with van der Waals surface area (Å²) in [6.45, 7) is 0. The van der Waals surface area contributed by atoms with Gasteiger partial charge >= 0.3 is 0 Å². The zero-order valence-corrected chi connectivity index (χ0v) is 24.7. The van der Waals surface area contributed by atoms with E-state index in [2.05, 4.69) is 31.9 Å². The Morgan fingerprint density at radius 1 is 0.486 bits per heavy atom. The highest BCUT2D eigenvalue weighted by Crippen LogP contribution is 2.23. The molecular formula is C24H17Br2Cl3O4S2. The number of hydrogen-bond acceptors (Lipinski definition) is 4. The van der Waals surface area contributed by atoms with E-state index in [4.69, 9.17) is 33.9 Å². The molecule has 184 valence electrons. The second-order valence-corrected chi connectivity index (χ2v) is 13.8. The Labute approximate surface area is 236 Å². The topological polar surface area (TPSA) is 68.3 Å². The smallest absolute Gasteiger partial charge is 0.219 e. The molecule has 4 rings (SSSR count). The lowest BCUT2D eigenvalue weighted by Crippen LogP contribution is -2.01. The minimum Gasteiger partial charge on any atom is -0.219 e. The van der Waals surface area contributed by atoms with Crippen molar-refractivity contribution < 1.29 is 16.8 Å². The lowest BCUT2D eigenvalue weighted by molar-refractivity contribution is 0.596. The van der Waals surface area contributed by atoms with Crippen LogP contribution in [-0.2, 0) is 18.9 Å². The normalized spacial score (nSPS) is 10.9. The molecule has 0 aliphatic heterocycles. The molecule has 0 saturated carbocycles. The molecule has 11 heteroatoms. The Morgan fingerprint density at radius 2 is 0.829 bits per heavy atom. The van der Waals surface area contributed by atoms with Crippen LogP contribution < -0.4 is 0 Å². The van der Waals surface area contributed by atoms with E-state index in [1.807, 2.05) is 30.3 Å². The fourth-order valence-electron chi connectivity index (χ4n) is 2.38. The Morgan fingerprint density at radius 3 is 1.17 bits per heavy atom. The molecule has 0 saturated heterocycles. The number of halogens is 5. The van der Waals surface area contributed by atoms with Crippen LogP contribution in [-0.4, -0.2) is 16.8 Å². The first kappa shape index (κ1) is 29.8. The van der Waals surface area contributed by atoms with Gasteiger partial charge in [-0.15, -0.1) is 0 Å². The Balaban J connectivity index is 0.000000205. The molecule has 0 aliphatic carbocycles. The number of sulfone groups is 1. The van der Waals surface area contributed by atoms with E-state index in [9.17, 15) is 16.8 Å². The summed E-state index contributed by atoms with van der Waals surface area (Å²) >= 11 is 17.7. The molecule has 0 heterocycles. The molecular weight excluding hydrogens is 683 g/mol. The fraction of sp³-hybridized carbons (Fsp3) is 0. The summed E-state index contributed by atoms with van der Waals surface area (Å²) in [6, 6.07) is 28.2. The van der Waals surface area contributed by atoms with Crippen molar-refractivity contribution in [3.05, 3.63) is 122 Å². The molecule has 0 aliphatic rings. The van der Waals surface area contributed by atoms with Gasteiger partial charge in [0.05, 0.1) is 14.7 Å². The van der Waals surface area contributed by atoms with Gasteiger partial charge < -0.3 is 0 Å². The molecule has 0 atom stereocenters. The first-order valence-electron chi connectivity index (χ1n) is 9.56. The van der Waals surface area contributed by atoms with E-state index in [0.717, 1.165) is 14.0 Å². The first-order valence-corrected chi connectivity index (χ1v) is 15.7. The van der Waals surface area contributed by atoms with Gasteiger partial charge in [0.25, 0.3) is 9.05 Å². The summed E-state index contributed by atoms with van der Waals surface area (Å²) in [4.78, 5) is 0.620. The van der Waals surface area contributed by atoms with Crippen molar-refractivity contribution in [2.24, 2.45) is 0 Å². The van der Waals surface area contributed by atoms with E-state index in [1.165, 1.54) is 24.3 Å². The van der Waals surface area contributed by atoms with Crippen molar-refractivity contribution in [3.63, 3.8) is 0 Å². The van der Waals surface area contributed by atoms with E-state index >= 15 is 0 Å². The zero-order valence-electron chi connectivity index (χ0n) is 17.7.